The Balaban J connectivity index is 2.14. The highest BCUT2D eigenvalue weighted by molar-refractivity contribution is 5.26. The molecule has 19 heavy (non-hydrogen) atoms. The summed E-state index contributed by atoms with van der Waals surface area (Å²) >= 11 is 0. The summed E-state index contributed by atoms with van der Waals surface area (Å²) < 4.78 is 51.1. The Morgan fingerprint density at radius 1 is 1.26 bits per heavy atom. The monoisotopic (exact) mass is 275 g/mol. The summed E-state index contributed by atoms with van der Waals surface area (Å²) in [4.78, 5) is 2.09. The van der Waals surface area contributed by atoms with E-state index in [1.807, 2.05) is 0 Å². The summed E-state index contributed by atoms with van der Waals surface area (Å²) in [6, 6.07) is 2.78. The molecule has 0 amide bonds. The van der Waals surface area contributed by atoms with Crippen molar-refractivity contribution < 1.29 is 17.6 Å². The molecule has 1 aliphatic heterocycles. The fraction of sp³-hybridized carbons (Fsp3) is 0.571. The number of benzene rings is 1. The minimum absolute atomic E-state index is 0.380. The number of piperidine rings is 1. The van der Waals surface area contributed by atoms with Gasteiger partial charge in [-0.1, -0.05) is 6.92 Å². The molecule has 1 unspecified atom stereocenters. The second-order valence-electron chi connectivity index (χ2n) is 5.33. The van der Waals surface area contributed by atoms with Crippen molar-refractivity contribution in [1.29, 1.82) is 0 Å². The van der Waals surface area contributed by atoms with Crippen molar-refractivity contribution in [3.63, 3.8) is 0 Å². The third-order valence-corrected chi connectivity index (χ3v) is 3.43. The quantitative estimate of drug-likeness (QED) is 0.735. The van der Waals surface area contributed by atoms with Crippen molar-refractivity contribution in [3.8, 4) is 0 Å². The molecule has 0 radical (unpaired) electrons. The number of hydrogen-bond donors (Lipinski definition) is 0. The number of nitrogens with zero attached hydrogens (tertiary/aromatic N) is 1. The van der Waals surface area contributed by atoms with Crippen LogP contribution in [0, 0.1) is 11.7 Å². The molecule has 1 fully saturated rings. The van der Waals surface area contributed by atoms with Crippen LogP contribution >= 0.6 is 0 Å². The van der Waals surface area contributed by atoms with Crippen molar-refractivity contribution in [2.45, 2.75) is 32.5 Å². The van der Waals surface area contributed by atoms with E-state index in [-0.39, 0.29) is 0 Å². The molecule has 1 atom stereocenters. The molecule has 0 N–H and O–H groups in total. The summed E-state index contributed by atoms with van der Waals surface area (Å²) in [5.74, 6) is -0.278. The lowest BCUT2D eigenvalue weighted by Crippen LogP contribution is -2.33. The second kappa shape index (κ2) is 5.49. The first-order valence-electron chi connectivity index (χ1n) is 6.43. The van der Waals surface area contributed by atoms with Gasteiger partial charge >= 0.3 is 6.18 Å². The average molecular weight is 275 g/mol. The maximum atomic E-state index is 13.3. The highest BCUT2D eigenvalue weighted by Crippen LogP contribution is 2.31. The van der Waals surface area contributed by atoms with Crippen molar-refractivity contribution in [3.05, 3.63) is 35.1 Å². The molecule has 0 spiro atoms. The van der Waals surface area contributed by atoms with Gasteiger partial charge < -0.3 is 0 Å². The van der Waals surface area contributed by atoms with Crippen molar-refractivity contribution in [2.24, 2.45) is 5.92 Å². The topological polar surface area (TPSA) is 3.24 Å². The zero-order chi connectivity index (χ0) is 14.0. The van der Waals surface area contributed by atoms with Crippen LogP contribution in [0.4, 0.5) is 17.6 Å². The first-order chi connectivity index (χ1) is 8.84. The molecule has 0 aliphatic carbocycles. The number of hydrogen-bond acceptors (Lipinski definition) is 1. The molecule has 1 saturated heterocycles. The van der Waals surface area contributed by atoms with Crippen molar-refractivity contribution in [2.75, 3.05) is 13.1 Å². The van der Waals surface area contributed by atoms with Crippen molar-refractivity contribution in [1.82, 2.24) is 4.90 Å². The Morgan fingerprint density at radius 2 is 2.00 bits per heavy atom. The summed E-state index contributed by atoms with van der Waals surface area (Å²) in [5, 5.41) is 0. The van der Waals surface area contributed by atoms with Crippen LogP contribution in [0.1, 0.15) is 30.9 Å². The standard InChI is InChI=1S/C14H17F4N/c1-10-3-2-4-19(8-10)9-11-5-12(14(16,17)18)7-13(15)6-11/h5-7,10H,2-4,8-9H2,1H3. The zero-order valence-corrected chi connectivity index (χ0v) is 10.8. The fourth-order valence-corrected chi connectivity index (χ4v) is 2.59. The first kappa shape index (κ1) is 14.3. The maximum absolute atomic E-state index is 13.3. The lowest BCUT2D eigenvalue weighted by atomic mass is 9.99. The van der Waals surface area contributed by atoms with Gasteiger partial charge in [-0.15, -0.1) is 0 Å². The van der Waals surface area contributed by atoms with Gasteiger partial charge in [-0.2, -0.15) is 13.2 Å². The Labute approximate surface area is 110 Å². The maximum Gasteiger partial charge on any atom is 0.416 e. The molecule has 5 heteroatoms. The average Bonchev–Trinajstić information content (AvgIpc) is 2.26. The molecule has 0 bridgehead atoms. The van der Waals surface area contributed by atoms with Crippen LogP contribution in [0.15, 0.2) is 18.2 Å². The molecule has 1 heterocycles. The molecular weight excluding hydrogens is 258 g/mol. The number of rotatable bonds is 2. The molecule has 0 saturated carbocycles. The van der Waals surface area contributed by atoms with E-state index in [2.05, 4.69) is 11.8 Å². The summed E-state index contributed by atoms with van der Waals surface area (Å²) in [7, 11) is 0. The van der Waals surface area contributed by atoms with Gasteiger partial charge in [0.2, 0.25) is 0 Å². The van der Waals surface area contributed by atoms with E-state index in [0.717, 1.165) is 32.0 Å². The van der Waals surface area contributed by atoms with E-state index in [1.165, 1.54) is 6.07 Å². The van der Waals surface area contributed by atoms with Crippen LogP contribution in [0.5, 0.6) is 0 Å². The van der Waals surface area contributed by atoms with Crippen LogP contribution in [0.25, 0.3) is 0 Å². The number of halogens is 4. The lowest BCUT2D eigenvalue weighted by Gasteiger charge is -2.30. The Morgan fingerprint density at radius 3 is 2.63 bits per heavy atom. The molecule has 0 aromatic heterocycles. The Bertz CT molecular complexity index is 442. The van der Waals surface area contributed by atoms with Crippen LogP contribution in [-0.2, 0) is 12.7 Å². The van der Waals surface area contributed by atoms with Gasteiger partial charge in [-0.25, -0.2) is 4.39 Å². The minimum Gasteiger partial charge on any atom is -0.299 e. The molecule has 106 valence electrons. The minimum atomic E-state index is -4.49. The second-order valence-corrected chi connectivity index (χ2v) is 5.33. The highest BCUT2D eigenvalue weighted by atomic mass is 19.4. The first-order valence-corrected chi connectivity index (χ1v) is 6.43. The predicted octanol–water partition coefficient (Wildman–Crippen LogP) is 4.08. The largest absolute Gasteiger partial charge is 0.416 e. The highest BCUT2D eigenvalue weighted by Gasteiger charge is 2.31. The molecule has 1 nitrogen and oxygen atoms in total. The van der Waals surface area contributed by atoms with Gasteiger partial charge in [0, 0.05) is 13.1 Å². The van der Waals surface area contributed by atoms with Gasteiger partial charge in [-0.05, 0) is 49.1 Å². The predicted molar refractivity (Wildman–Crippen MR) is 65.1 cm³/mol. The molecule has 1 aliphatic rings. The third kappa shape index (κ3) is 3.93. The van der Waals surface area contributed by atoms with E-state index >= 15 is 0 Å². The van der Waals surface area contributed by atoms with Gasteiger partial charge in [0.1, 0.15) is 5.82 Å². The normalized spacial score (nSPS) is 21.6. The molecule has 1 aromatic carbocycles. The Kier molecular flexibility index (Phi) is 4.13. The van der Waals surface area contributed by atoms with Gasteiger partial charge in [-0.3, -0.25) is 4.90 Å². The SMILES string of the molecule is CC1CCCN(Cc2cc(F)cc(C(F)(F)F)c2)C1. The van der Waals surface area contributed by atoms with Crippen LogP contribution < -0.4 is 0 Å². The Hall–Kier alpha value is -1.10. The number of likely N-dealkylation sites (tertiary alicyclic amines) is 1. The van der Waals surface area contributed by atoms with Gasteiger partial charge in [0.25, 0.3) is 0 Å². The summed E-state index contributed by atoms with van der Waals surface area (Å²) in [6.07, 6.45) is -2.30. The smallest absolute Gasteiger partial charge is 0.299 e. The number of alkyl halides is 3. The molecule has 1 aromatic rings. The third-order valence-electron chi connectivity index (χ3n) is 3.43. The van der Waals surface area contributed by atoms with Crippen LogP contribution in [0.3, 0.4) is 0 Å². The fourth-order valence-electron chi connectivity index (χ4n) is 2.59. The van der Waals surface area contributed by atoms with Crippen LogP contribution in [0.2, 0.25) is 0 Å². The van der Waals surface area contributed by atoms with Gasteiger partial charge in [0.15, 0.2) is 0 Å². The van der Waals surface area contributed by atoms with Crippen molar-refractivity contribution >= 4 is 0 Å². The zero-order valence-electron chi connectivity index (χ0n) is 10.8. The van der Waals surface area contributed by atoms with Gasteiger partial charge in [0.05, 0.1) is 5.56 Å². The van der Waals surface area contributed by atoms with E-state index in [1.54, 1.807) is 0 Å². The van der Waals surface area contributed by atoms with E-state index in [0.29, 0.717) is 24.1 Å². The molecular formula is C14H17F4N. The van der Waals surface area contributed by atoms with E-state index < -0.39 is 17.6 Å². The lowest BCUT2D eigenvalue weighted by molar-refractivity contribution is -0.137. The molecule has 2 rings (SSSR count). The van der Waals surface area contributed by atoms with E-state index in [9.17, 15) is 17.6 Å². The summed E-state index contributed by atoms with van der Waals surface area (Å²) in [6.45, 7) is 4.23. The summed E-state index contributed by atoms with van der Waals surface area (Å²) in [5.41, 5.74) is -0.519. The van der Waals surface area contributed by atoms with Crippen LogP contribution in [-0.4, -0.2) is 18.0 Å². The van der Waals surface area contributed by atoms with E-state index in [4.69, 9.17) is 0 Å².